The molecule has 0 spiro atoms. The highest BCUT2D eigenvalue weighted by molar-refractivity contribution is 6.31. The Morgan fingerprint density at radius 1 is 0.690 bits per heavy atom. The standard InChI is InChI=1S/C25H21Cl3N2O3.C7H8ClN.C7H5ClO.C4H2O3/c26-19-7-1-16(2-8-19)14-29-25(24(32)33)13-22(31)30(15-17-3-9-20(27)10-4-17)23(25)18-5-11-21(28)12-6-18;2*8-7-3-1-6(5-9)2-4-7;5-3-1-2-4(6)7-3/h1-12,23,29H,13-15H2,(H,32,33);1-4H,5,9H2;1-5H;1-2H. The third kappa shape index (κ3) is 13.5. The fraction of sp³-hybridized carbons (Fsp3) is 0.140. The van der Waals surface area contributed by atoms with Crippen molar-refractivity contribution in [3.05, 3.63) is 186 Å². The van der Waals surface area contributed by atoms with Gasteiger partial charge >= 0.3 is 17.9 Å². The van der Waals surface area contributed by atoms with Crippen LogP contribution in [0.2, 0.25) is 25.1 Å². The van der Waals surface area contributed by atoms with Crippen LogP contribution in [0.5, 0.6) is 0 Å². The second-order valence-corrected chi connectivity index (χ2v) is 14.8. The average molecular weight is 884 g/mol. The zero-order valence-corrected chi connectivity index (χ0v) is 34.3. The van der Waals surface area contributed by atoms with Gasteiger partial charge in [0.15, 0.2) is 5.54 Å². The van der Waals surface area contributed by atoms with E-state index in [9.17, 15) is 29.1 Å². The average Bonchev–Trinajstić information content (AvgIpc) is 3.74. The molecule has 300 valence electrons. The van der Waals surface area contributed by atoms with Crippen LogP contribution in [0.25, 0.3) is 0 Å². The van der Waals surface area contributed by atoms with Crippen molar-refractivity contribution in [2.45, 2.75) is 37.6 Å². The molecule has 0 aromatic heterocycles. The number of halogens is 5. The summed E-state index contributed by atoms with van der Waals surface area (Å²) < 4.78 is 3.97. The molecule has 5 aromatic rings. The van der Waals surface area contributed by atoms with Crippen molar-refractivity contribution in [2.24, 2.45) is 5.73 Å². The Morgan fingerprint density at radius 2 is 1.10 bits per heavy atom. The summed E-state index contributed by atoms with van der Waals surface area (Å²) in [6.07, 6.45) is 2.78. The Labute approximate surface area is 360 Å². The van der Waals surface area contributed by atoms with E-state index in [1.165, 1.54) is 0 Å². The molecule has 2 unspecified atom stereocenters. The number of rotatable bonds is 9. The lowest BCUT2D eigenvalue weighted by Gasteiger charge is -2.36. The highest BCUT2D eigenvalue weighted by atomic mass is 35.5. The van der Waals surface area contributed by atoms with E-state index in [-0.39, 0.29) is 25.4 Å². The van der Waals surface area contributed by atoms with Crippen LogP contribution in [-0.2, 0) is 43.5 Å². The van der Waals surface area contributed by atoms with Crippen molar-refractivity contribution in [1.29, 1.82) is 0 Å². The van der Waals surface area contributed by atoms with Crippen LogP contribution in [0, 0.1) is 0 Å². The van der Waals surface area contributed by atoms with Gasteiger partial charge in [0, 0.05) is 62.5 Å². The Kier molecular flexibility index (Phi) is 17.5. The number of aldehydes is 1. The first-order chi connectivity index (χ1) is 27.7. The summed E-state index contributed by atoms with van der Waals surface area (Å²) in [6, 6.07) is 34.7. The van der Waals surface area contributed by atoms with Gasteiger partial charge in [0.25, 0.3) is 0 Å². The van der Waals surface area contributed by atoms with Gasteiger partial charge in [-0.2, -0.15) is 0 Å². The molecule has 2 aliphatic heterocycles. The lowest BCUT2D eigenvalue weighted by Crippen LogP contribution is -2.55. The number of hydrogen-bond acceptors (Lipinski definition) is 8. The molecule has 2 atom stereocenters. The van der Waals surface area contributed by atoms with Gasteiger partial charge in [-0.3, -0.25) is 19.7 Å². The SMILES string of the molecule is NCc1ccc(Cl)cc1.O=C1C=CC(=O)O1.O=C1CC(NCc2ccc(Cl)cc2)(C(=O)O)C(c2ccc(Cl)cc2)N1Cc1ccc(Cl)cc1.O=Cc1ccc(Cl)cc1. The Hall–Kier alpha value is -5.04. The number of nitrogens with one attached hydrogen (secondary N) is 1. The molecule has 7 rings (SSSR count). The second-order valence-electron chi connectivity index (χ2n) is 12.6. The molecule has 1 fully saturated rings. The van der Waals surface area contributed by atoms with Gasteiger partial charge in [0.2, 0.25) is 5.91 Å². The van der Waals surface area contributed by atoms with Gasteiger partial charge < -0.3 is 20.5 Å². The maximum atomic E-state index is 13.2. The highest BCUT2D eigenvalue weighted by Crippen LogP contribution is 2.43. The molecule has 2 heterocycles. The Bertz CT molecular complexity index is 2190. The van der Waals surface area contributed by atoms with Crippen LogP contribution < -0.4 is 11.1 Å². The van der Waals surface area contributed by atoms with Crippen LogP contribution in [0.3, 0.4) is 0 Å². The zero-order chi connectivity index (χ0) is 42.2. The van der Waals surface area contributed by atoms with Gasteiger partial charge in [0.05, 0.1) is 12.5 Å². The third-order valence-electron chi connectivity index (χ3n) is 8.60. The minimum Gasteiger partial charge on any atom is -0.480 e. The number of ether oxygens (including phenoxy) is 1. The quantitative estimate of drug-likeness (QED) is 0.0746. The summed E-state index contributed by atoms with van der Waals surface area (Å²) >= 11 is 29.2. The minimum atomic E-state index is -1.53. The molecule has 2 aliphatic rings. The molecule has 0 bridgehead atoms. The number of carboxylic acids is 1. The summed E-state index contributed by atoms with van der Waals surface area (Å²) in [5.41, 5.74) is 7.99. The topological polar surface area (TPSA) is 156 Å². The normalized spacial score (nSPS) is 16.6. The van der Waals surface area contributed by atoms with E-state index in [0.717, 1.165) is 40.2 Å². The van der Waals surface area contributed by atoms with Gasteiger partial charge in [-0.15, -0.1) is 0 Å². The van der Waals surface area contributed by atoms with Crippen LogP contribution in [-0.4, -0.2) is 45.6 Å². The fourth-order valence-corrected chi connectivity index (χ4v) is 6.31. The largest absolute Gasteiger partial charge is 0.480 e. The first-order valence-corrected chi connectivity index (χ1v) is 19.2. The second kappa shape index (κ2) is 22.2. The van der Waals surface area contributed by atoms with E-state index in [1.54, 1.807) is 77.7 Å². The first-order valence-electron chi connectivity index (χ1n) is 17.3. The van der Waals surface area contributed by atoms with E-state index in [2.05, 4.69) is 10.1 Å². The van der Waals surface area contributed by atoms with Gasteiger partial charge in [-0.05, 0) is 82.9 Å². The van der Waals surface area contributed by atoms with Crippen molar-refractivity contribution < 1.29 is 33.8 Å². The molecular weight excluding hydrogens is 848 g/mol. The van der Waals surface area contributed by atoms with Crippen molar-refractivity contribution in [2.75, 3.05) is 0 Å². The highest BCUT2D eigenvalue weighted by Gasteiger charge is 2.57. The van der Waals surface area contributed by atoms with Gasteiger partial charge in [0.1, 0.15) is 6.29 Å². The maximum absolute atomic E-state index is 13.2. The van der Waals surface area contributed by atoms with Crippen molar-refractivity contribution in [1.82, 2.24) is 10.2 Å². The molecule has 0 saturated carbocycles. The molecule has 5 aromatic carbocycles. The van der Waals surface area contributed by atoms with Crippen LogP contribution >= 0.6 is 58.0 Å². The number of benzene rings is 5. The van der Waals surface area contributed by atoms with Gasteiger partial charge in [-0.25, -0.2) is 9.59 Å². The van der Waals surface area contributed by atoms with Crippen LogP contribution in [0.1, 0.15) is 45.1 Å². The fourth-order valence-electron chi connectivity index (χ4n) is 5.68. The first kappa shape index (κ1) is 45.7. The number of cyclic esters (lactones) is 2. The smallest absolute Gasteiger partial charge is 0.338 e. The maximum Gasteiger partial charge on any atom is 0.338 e. The van der Waals surface area contributed by atoms with Crippen molar-refractivity contribution >= 4 is 88.1 Å². The summed E-state index contributed by atoms with van der Waals surface area (Å²) in [7, 11) is 0. The molecule has 58 heavy (non-hydrogen) atoms. The van der Waals surface area contributed by atoms with E-state index in [4.69, 9.17) is 63.7 Å². The molecular formula is C43H36Cl5N3O7. The summed E-state index contributed by atoms with van der Waals surface area (Å²) in [5, 5.41) is 16.7. The molecule has 1 saturated heterocycles. The van der Waals surface area contributed by atoms with E-state index >= 15 is 0 Å². The number of carboxylic acid groups (broad SMARTS) is 1. The lowest BCUT2D eigenvalue weighted by atomic mass is 9.85. The number of aliphatic carboxylic acids is 1. The Morgan fingerprint density at radius 3 is 1.50 bits per heavy atom. The number of carbonyl (C=O) groups is 5. The zero-order valence-electron chi connectivity index (χ0n) is 30.5. The van der Waals surface area contributed by atoms with E-state index < -0.39 is 29.5 Å². The van der Waals surface area contributed by atoms with Crippen molar-refractivity contribution in [3.63, 3.8) is 0 Å². The number of carbonyl (C=O) groups excluding carboxylic acids is 4. The molecule has 0 aliphatic carbocycles. The predicted molar refractivity (Wildman–Crippen MR) is 226 cm³/mol. The predicted octanol–water partition coefficient (Wildman–Crippen LogP) is 9.31. The molecule has 15 heteroatoms. The van der Waals surface area contributed by atoms with E-state index in [1.807, 2.05) is 48.5 Å². The van der Waals surface area contributed by atoms with Gasteiger partial charge in [-0.1, -0.05) is 119 Å². The third-order valence-corrected chi connectivity index (χ3v) is 9.86. The summed E-state index contributed by atoms with van der Waals surface area (Å²) in [4.78, 5) is 57.5. The number of esters is 2. The van der Waals surface area contributed by atoms with Crippen LogP contribution in [0.15, 0.2) is 133 Å². The molecule has 4 N–H and O–H groups in total. The molecule has 10 nitrogen and oxygen atoms in total. The van der Waals surface area contributed by atoms with Crippen LogP contribution in [0.4, 0.5) is 0 Å². The summed E-state index contributed by atoms with van der Waals surface area (Å²) in [6.45, 7) is 1.09. The van der Waals surface area contributed by atoms with E-state index in [0.29, 0.717) is 37.8 Å². The number of nitrogens with zero attached hydrogens (tertiary/aromatic N) is 1. The number of amides is 1. The minimum absolute atomic E-state index is 0.184. The summed E-state index contributed by atoms with van der Waals surface area (Å²) in [5.74, 6) is -2.51. The number of likely N-dealkylation sites (tertiary alicyclic amines) is 1. The molecule has 0 radical (unpaired) electrons. The van der Waals surface area contributed by atoms with Crippen molar-refractivity contribution in [3.8, 4) is 0 Å². The monoisotopic (exact) mass is 881 g/mol. The lowest BCUT2D eigenvalue weighted by molar-refractivity contribution is -0.150. The Balaban J connectivity index is 0.000000237. The number of nitrogens with two attached hydrogens (primary N) is 1. The number of hydrogen-bond donors (Lipinski definition) is 3. The molecule has 1 amide bonds.